The molecule has 22 heavy (non-hydrogen) atoms. The van der Waals surface area contributed by atoms with Crippen LogP contribution in [0, 0.1) is 0 Å². The molecule has 0 bridgehead atoms. The molecule has 1 radical (unpaired) electrons. The first-order valence-electron chi connectivity index (χ1n) is 7.88. The molecule has 0 aliphatic heterocycles. The van der Waals surface area contributed by atoms with Crippen LogP contribution in [-0.2, 0) is 0 Å². The van der Waals surface area contributed by atoms with E-state index in [1.165, 1.54) is 0 Å². The van der Waals surface area contributed by atoms with Crippen LogP contribution in [-0.4, -0.2) is 45.5 Å². The topological polar surface area (TPSA) is 15.3 Å². The highest BCUT2D eigenvalue weighted by atomic mass is 35.9. The van der Waals surface area contributed by atoms with Gasteiger partial charge in [0.1, 0.15) is 8.48 Å². The van der Waals surface area contributed by atoms with E-state index in [0.717, 1.165) is 12.8 Å². The van der Waals surface area contributed by atoms with Gasteiger partial charge >= 0.3 is 12.7 Å². The van der Waals surface area contributed by atoms with Crippen molar-refractivity contribution in [2.24, 2.45) is 0 Å². The van der Waals surface area contributed by atoms with Crippen molar-refractivity contribution in [3.05, 3.63) is 0 Å². The molecule has 0 aromatic carbocycles. The summed E-state index contributed by atoms with van der Waals surface area (Å²) in [5.41, 5.74) is -3.09. The number of hydrogen-bond donors (Lipinski definition) is 1. The Morgan fingerprint density at radius 3 is 1.55 bits per heavy atom. The quantitative estimate of drug-likeness (QED) is 0.367. The van der Waals surface area contributed by atoms with Crippen molar-refractivity contribution in [2.75, 3.05) is 0 Å². The maximum absolute atomic E-state index is 7.20. The van der Waals surface area contributed by atoms with Gasteiger partial charge in [-0.1, -0.05) is 53.9 Å². The molecule has 10 heteroatoms. The molecular weight excluding hydrogens is 426 g/mol. The first kappa shape index (κ1) is 23.9. The molecule has 0 aliphatic carbocycles. The van der Waals surface area contributed by atoms with Crippen molar-refractivity contribution in [1.29, 1.82) is 0 Å². The van der Waals surface area contributed by atoms with Gasteiger partial charge in [-0.15, -0.1) is 44.3 Å². The molecule has 3 atom stereocenters. The predicted molar refractivity (Wildman–Crippen MR) is 114 cm³/mol. The van der Waals surface area contributed by atoms with Crippen LogP contribution < -0.4 is 4.65 Å². The zero-order chi connectivity index (χ0) is 17.9. The Bertz CT molecular complexity index is 341. The first-order chi connectivity index (χ1) is 9.72. The normalized spacial score (nSPS) is 19.4. The molecule has 0 amide bonds. The van der Waals surface area contributed by atoms with Gasteiger partial charge in [0.15, 0.2) is 0 Å². The van der Waals surface area contributed by atoms with Gasteiger partial charge in [0.05, 0.1) is 7.59 Å². The van der Waals surface area contributed by atoms with Crippen molar-refractivity contribution >= 4 is 73.1 Å². The molecule has 0 heterocycles. The van der Waals surface area contributed by atoms with Gasteiger partial charge in [0, 0.05) is 12.1 Å². The lowest BCUT2D eigenvalue weighted by atomic mass is 10.2. The maximum atomic E-state index is 7.20. The van der Waals surface area contributed by atoms with E-state index in [0.29, 0.717) is 12.1 Å². The van der Waals surface area contributed by atoms with Crippen LogP contribution in [0.3, 0.4) is 0 Å². The van der Waals surface area contributed by atoms with Gasteiger partial charge in [-0.3, -0.25) is 4.57 Å². The molecule has 2 nitrogen and oxygen atoms in total. The van der Waals surface area contributed by atoms with E-state index < -0.39 is 28.8 Å². The molecule has 0 aromatic heterocycles. The Morgan fingerprint density at radius 2 is 1.32 bits per heavy atom. The lowest BCUT2D eigenvalue weighted by molar-refractivity contribution is 0.260. The molecule has 0 saturated heterocycles. The zero-order valence-corrected chi connectivity index (χ0v) is 22.1. The van der Waals surface area contributed by atoms with E-state index in [1.54, 1.807) is 0 Å². The fraction of sp³-hybridized carbons (Fsp3) is 1.00. The summed E-state index contributed by atoms with van der Waals surface area (Å²) in [4.78, 5) is 0. The third kappa shape index (κ3) is 6.03. The van der Waals surface area contributed by atoms with Crippen molar-refractivity contribution in [1.82, 2.24) is 9.21 Å². The van der Waals surface area contributed by atoms with Gasteiger partial charge in [0.25, 0.3) is 0 Å². The van der Waals surface area contributed by atoms with E-state index >= 15 is 0 Å². The van der Waals surface area contributed by atoms with Crippen LogP contribution in [0.5, 0.6) is 0 Å². The summed E-state index contributed by atoms with van der Waals surface area (Å²) in [5.74, 6) is 0. The standard InChI is InChI=1S/C12H31Cl4N2Si4/c1-9-11(3)18(12(4)10-2)22(16,21(13,14)15)17-19(5)20(6,7)8/h11-12,17H,9-10H2,1-8H3. The maximum Gasteiger partial charge on any atom is 0.376 e. The van der Waals surface area contributed by atoms with Crippen molar-refractivity contribution < 1.29 is 0 Å². The van der Waals surface area contributed by atoms with Crippen molar-refractivity contribution in [3.63, 3.8) is 0 Å². The van der Waals surface area contributed by atoms with Gasteiger partial charge < -0.3 is 4.65 Å². The van der Waals surface area contributed by atoms with Crippen LogP contribution in [0.15, 0.2) is 0 Å². The second-order valence-corrected chi connectivity index (χ2v) is 40.0. The lowest BCUT2D eigenvalue weighted by Gasteiger charge is -2.48. The summed E-state index contributed by atoms with van der Waals surface area (Å²) in [6.07, 6.45) is 2.00. The SMILES string of the molecule is CCC(C)N(C(C)CC)[Si](Cl)(N[Si](C)[Si](C)(C)C)[Si](Cl)(Cl)Cl. The average molecular weight is 458 g/mol. The summed E-state index contributed by atoms with van der Waals surface area (Å²) >= 11 is 26.9. The summed E-state index contributed by atoms with van der Waals surface area (Å²) in [7, 11) is -4.99. The molecule has 0 aliphatic rings. The van der Waals surface area contributed by atoms with Crippen LogP contribution >= 0.6 is 44.3 Å². The molecule has 0 spiro atoms. The van der Waals surface area contributed by atoms with Crippen LogP contribution in [0.4, 0.5) is 0 Å². The Morgan fingerprint density at radius 1 is 0.955 bits per heavy atom. The van der Waals surface area contributed by atoms with E-state index in [9.17, 15) is 0 Å². The monoisotopic (exact) mass is 455 g/mol. The Hall–Kier alpha value is 1.95. The Labute approximate surface area is 160 Å². The van der Waals surface area contributed by atoms with Gasteiger partial charge in [-0.05, 0) is 12.8 Å². The third-order valence-electron chi connectivity index (χ3n) is 4.34. The van der Waals surface area contributed by atoms with Crippen LogP contribution in [0.2, 0.25) is 26.2 Å². The number of hydrogen-bond acceptors (Lipinski definition) is 2. The van der Waals surface area contributed by atoms with Crippen LogP contribution in [0.1, 0.15) is 40.5 Å². The second kappa shape index (κ2) is 9.05. The van der Waals surface area contributed by atoms with Crippen molar-refractivity contribution in [2.45, 2.75) is 78.8 Å². The zero-order valence-electron chi connectivity index (χ0n) is 15.0. The van der Waals surface area contributed by atoms with E-state index in [2.05, 4.69) is 63.1 Å². The molecule has 133 valence electrons. The summed E-state index contributed by atoms with van der Waals surface area (Å²) < 4.78 is 6.11. The number of nitrogens with zero attached hydrogens (tertiary/aromatic N) is 1. The average Bonchev–Trinajstić information content (AvgIpc) is 2.35. The minimum atomic E-state index is -3.09. The van der Waals surface area contributed by atoms with E-state index in [1.807, 2.05) is 0 Å². The van der Waals surface area contributed by atoms with Gasteiger partial charge in [0.2, 0.25) is 0 Å². The van der Waals surface area contributed by atoms with Gasteiger partial charge in [-0.25, -0.2) is 0 Å². The third-order valence-corrected chi connectivity index (χ3v) is 37.8. The fourth-order valence-corrected chi connectivity index (χ4v) is 29.3. The van der Waals surface area contributed by atoms with E-state index in [4.69, 9.17) is 44.3 Å². The predicted octanol–water partition coefficient (Wildman–Crippen LogP) is 5.42. The molecule has 0 aromatic rings. The van der Waals surface area contributed by atoms with E-state index in [-0.39, 0.29) is 0 Å². The second-order valence-electron chi connectivity index (χ2n) is 7.04. The minimum absolute atomic E-state index is 0.311. The summed E-state index contributed by atoms with van der Waals surface area (Å²) in [6, 6.07) is 0.623. The lowest BCUT2D eigenvalue weighted by Crippen LogP contribution is -2.78. The fourth-order valence-electron chi connectivity index (χ4n) is 2.15. The highest BCUT2D eigenvalue weighted by Crippen LogP contribution is 2.38. The summed E-state index contributed by atoms with van der Waals surface area (Å²) in [5, 5.41) is 0. The molecule has 1 N–H and O–H groups in total. The minimum Gasteiger partial charge on any atom is -0.338 e. The highest BCUT2D eigenvalue weighted by Gasteiger charge is 2.61. The molecule has 0 saturated carbocycles. The van der Waals surface area contributed by atoms with Gasteiger partial charge in [-0.2, -0.15) is 0 Å². The summed E-state index contributed by atoms with van der Waals surface area (Å²) in [6.45, 7) is 18.1. The number of nitrogens with one attached hydrogen (secondary N) is 1. The first-order valence-corrected chi connectivity index (χ1v) is 23.4. The molecule has 0 fully saturated rings. The Balaban J connectivity index is 5.84. The molecular formula is C12H31Cl4N2Si4. The number of halogens is 4. The van der Waals surface area contributed by atoms with Crippen LogP contribution in [0.25, 0.3) is 0 Å². The smallest absolute Gasteiger partial charge is 0.338 e. The number of rotatable bonds is 9. The molecule has 0 rings (SSSR count). The Kier molecular flexibility index (Phi) is 9.85. The largest absolute Gasteiger partial charge is 0.376 e. The highest BCUT2D eigenvalue weighted by molar-refractivity contribution is 7.94. The van der Waals surface area contributed by atoms with Crippen molar-refractivity contribution in [3.8, 4) is 0 Å². The molecule has 3 unspecified atom stereocenters.